The molecule has 1 amide bonds. The molecule has 0 aromatic heterocycles. The fourth-order valence-electron chi connectivity index (χ4n) is 2.54. The number of morpholine rings is 1. The molecule has 1 aliphatic heterocycles. The highest BCUT2D eigenvalue weighted by Gasteiger charge is 2.44. The number of hydrogen-bond donors (Lipinski definition) is 1. The van der Waals surface area contributed by atoms with Gasteiger partial charge in [0.25, 0.3) is 0 Å². The molecule has 1 saturated carbocycles. The number of carbonyl (C=O) groups excluding carboxylic acids is 1. The molecule has 0 aromatic carbocycles. The smallest absolute Gasteiger partial charge is 0.306 e. The van der Waals surface area contributed by atoms with Crippen LogP contribution in [0.15, 0.2) is 0 Å². The molecule has 3 atom stereocenters. The molecule has 2 rings (SSSR count). The Morgan fingerprint density at radius 2 is 2.13 bits per heavy atom. The summed E-state index contributed by atoms with van der Waals surface area (Å²) in [7, 11) is 0. The van der Waals surface area contributed by atoms with Gasteiger partial charge in [-0.05, 0) is 12.8 Å². The number of carboxylic acids is 1. The van der Waals surface area contributed by atoms with Crippen LogP contribution in [0.5, 0.6) is 0 Å². The van der Waals surface area contributed by atoms with Gasteiger partial charge in [0.15, 0.2) is 0 Å². The number of hydrogen-bond acceptors (Lipinski definition) is 3. The van der Waals surface area contributed by atoms with Crippen molar-refractivity contribution in [2.45, 2.75) is 31.9 Å². The Bertz CT molecular complexity index is 291. The van der Waals surface area contributed by atoms with Gasteiger partial charge >= 0.3 is 5.97 Å². The predicted molar refractivity (Wildman–Crippen MR) is 51.3 cm³/mol. The van der Waals surface area contributed by atoms with Crippen LogP contribution in [0.1, 0.15) is 19.8 Å². The van der Waals surface area contributed by atoms with Crippen molar-refractivity contribution in [2.75, 3.05) is 13.2 Å². The van der Waals surface area contributed by atoms with Gasteiger partial charge in [-0.3, -0.25) is 9.59 Å². The highest BCUT2D eigenvalue weighted by molar-refractivity contribution is 5.75. The molecule has 5 heteroatoms. The fraction of sp³-hybridized carbons (Fsp3) is 0.800. The zero-order chi connectivity index (χ0) is 11.0. The van der Waals surface area contributed by atoms with Crippen LogP contribution in [-0.2, 0) is 14.3 Å². The molecule has 3 unspecified atom stereocenters. The summed E-state index contributed by atoms with van der Waals surface area (Å²) in [5.74, 6) is -1.13. The summed E-state index contributed by atoms with van der Waals surface area (Å²) < 4.78 is 5.51. The third-order valence-corrected chi connectivity index (χ3v) is 3.29. The lowest BCUT2D eigenvalue weighted by molar-refractivity contribution is -0.142. The Hall–Kier alpha value is -1.10. The number of fused-ring (bicyclic) bond motifs is 1. The standard InChI is InChI=1S/C10H15NO4/c1-6(12)11-2-3-15-9-5-7(10(13)14)4-8(9)11/h7-9H,2-5H2,1H3,(H,13,14). The van der Waals surface area contributed by atoms with E-state index in [0.717, 1.165) is 0 Å². The number of rotatable bonds is 1. The highest BCUT2D eigenvalue weighted by Crippen LogP contribution is 2.34. The van der Waals surface area contributed by atoms with Crippen LogP contribution in [0, 0.1) is 5.92 Å². The average Bonchev–Trinajstić information content (AvgIpc) is 2.60. The van der Waals surface area contributed by atoms with E-state index in [4.69, 9.17) is 9.84 Å². The Morgan fingerprint density at radius 3 is 2.73 bits per heavy atom. The summed E-state index contributed by atoms with van der Waals surface area (Å²) >= 11 is 0. The van der Waals surface area contributed by atoms with Gasteiger partial charge in [-0.15, -0.1) is 0 Å². The molecule has 1 heterocycles. The number of amides is 1. The number of ether oxygens (including phenoxy) is 1. The molecule has 0 aromatic rings. The number of aliphatic carboxylic acids is 1. The van der Waals surface area contributed by atoms with Crippen molar-refractivity contribution in [1.29, 1.82) is 0 Å². The van der Waals surface area contributed by atoms with Gasteiger partial charge in [0.1, 0.15) is 0 Å². The molecule has 5 nitrogen and oxygen atoms in total. The topological polar surface area (TPSA) is 66.8 Å². The molecule has 1 aliphatic carbocycles. The summed E-state index contributed by atoms with van der Waals surface area (Å²) in [4.78, 5) is 24.0. The van der Waals surface area contributed by atoms with Crippen LogP contribution in [0.25, 0.3) is 0 Å². The Balaban J connectivity index is 2.10. The van der Waals surface area contributed by atoms with Crippen LogP contribution in [0.4, 0.5) is 0 Å². The molecule has 2 aliphatic rings. The lowest BCUT2D eigenvalue weighted by Crippen LogP contribution is -2.50. The monoisotopic (exact) mass is 213 g/mol. The lowest BCUT2D eigenvalue weighted by Gasteiger charge is -2.36. The molecule has 0 bridgehead atoms. The Labute approximate surface area is 88.0 Å². The number of carboxylic acid groups (broad SMARTS) is 1. The minimum absolute atomic E-state index is 0.0133. The van der Waals surface area contributed by atoms with Gasteiger partial charge in [-0.25, -0.2) is 0 Å². The normalized spacial score (nSPS) is 35.0. The summed E-state index contributed by atoms with van der Waals surface area (Å²) in [5, 5.41) is 8.93. The van der Waals surface area contributed by atoms with Gasteiger partial charge in [0, 0.05) is 13.5 Å². The quantitative estimate of drug-likeness (QED) is 0.670. The van der Waals surface area contributed by atoms with Crippen molar-refractivity contribution >= 4 is 11.9 Å². The zero-order valence-electron chi connectivity index (χ0n) is 8.68. The van der Waals surface area contributed by atoms with Crippen LogP contribution in [0.3, 0.4) is 0 Å². The van der Waals surface area contributed by atoms with Crippen molar-refractivity contribution in [3.05, 3.63) is 0 Å². The Kier molecular flexibility index (Phi) is 2.65. The molecule has 15 heavy (non-hydrogen) atoms. The van der Waals surface area contributed by atoms with Crippen LogP contribution >= 0.6 is 0 Å². The van der Waals surface area contributed by atoms with Crippen LogP contribution in [0.2, 0.25) is 0 Å². The zero-order valence-corrected chi connectivity index (χ0v) is 8.68. The lowest BCUT2D eigenvalue weighted by atomic mass is 10.1. The third kappa shape index (κ3) is 1.84. The molecule has 1 saturated heterocycles. The largest absolute Gasteiger partial charge is 0.481 e. The Morgan fingerprint density at radius 1 is 1.40 bits per heavy atom. The van der Waals surface area contributed by atoms with Crippen molar-refractivity contribution in [2.24, 2.45) is 5.92 Å². The average molecular weight is 213 g/mol. The second kappa shape index (κ2) is 3.81. The first-order valence-electron chi connectivity index (χ1n) is 5.21. The van der Waals surface area contributed by atoms with E-state index in [9.17, 15) is 9.59 Å². The minimum Gasteiger partial charge on any atom is -0.481 e. The molecular weight excluding hydrogens is 198 g/mol. The number of nitrogens with zero attached hydrogens (tertiary/aromatic N) is 1. The number of carbonyl (C=O) groups is 2. The maximum atomic E-state index is 11.3. The molecular formula is C10H15NO4. The molecule has 0 radical (unpaired) electrons. The van der Waals surface area contributed by atoms with Crippen molar-refractivity contribution in [3.8, 4) is 0 Å². The molecule has 0 spiro atoms. The third-order valence-electron chi connectivity index (χ3n) is 3.29. The molecule has 1 N–H and O–H groups in total. The second-order valence-electron chi connectivity index (χ2n) is 4.20. The first-order chi connectivity index (χ1) is 7.09. The van der Waals surface area contributed by atoms with E-state index >= 15 is 0 Å². The second-order valence-corrected chi connectivity index (χ2v) is 4.20. The predicted octanol–water partition coefficient (Wildman–Crippen LogP) is 0.0969. The van der Waals surface area contributed by atoms with Crippen molar-refractivity contribution in [3.63, 3.8) is 0 Å². The highest BCUT2D eigenvalue weighted by atomic mass is 16.5. The summed E-state index contributed by atoms with van der Waals surface area (Å²) in [5.41, 5.74) is 0. The van der Waals surface area contributed by atoms with E-state index in [2.05, 4.69) is 0 Å². The first kappa shape index (κ1) is 10.4. The summed E-state index contributed by atoms with van der Waals surface area (Å²) in [6, 6.07) is -0.0302. The SMILES string of the molecule is CC(=O)N1CCOC2CC(C(=O)O)CC21. The first-order valence-corrected chi connectivity index (χ1v) is 5.21. The fourth-order valence-corrected chi connectivity index (χ4v) is 2.54. The van der Waals surface area contributed by atoms with Gasteiger partial charge in [0.05, 0.1) is 24.7 Å². The van der Waals surface area contributed by atoms with Crippen LogP contribution < -0.4 is 0 Å². The van der Waals surface area contributed by atoms with E-state index in [-0.39, 0.29) is 24.0 Å². The van der Waals surface area contributed by atoms with Gasteiger partial charge < -0.3 is 14.7 Å². The van der Waals surface area contributed by atoms with E-state index in [1.165, 1.54) is 6.92 Å². The molecule has 84 valence electrons. The van der Waals surface area contributed by atoms with E-state index in [1.54, 1.807) is 4.90 Å². The van der Waals surface area contributed by atoms with Crippen LogP contribution in [-0.4, -0.2) is 47.2 Å². The van der Waals surface area contributed by atoms with E-state index in [1.807, 2.05) is 0 Å². The minimum atomic E-state index is -0.781. The maximum absolute atomic E-state index is 11.3. The van der Waals surface area contributed by atoms with Crippen molar-refractivity contribution in [1.82, 2.24) is 4.90 Å². The molecule has 2 fully saturated rings. The maximum Gasteiger partial charge on any atom is 0.306 e. The van der Waals surface area contributed by atoms with Gasteiger partial charge in [-0.1, -0.05) is 0 Å². The van der Waals surface area contributed by atoms with E-state index in [0.29, 0.717) is 26.0 Å². The summed E-state index contributed by atoms with van der Waals surface area (Å²) in [6.45, 7) is 2.63. The summed E-state index contributed by atoms with van der Waals surface area (Å²) in [6.07, 6.45) is 0.979. The van der Waals surface area contributed by atoms with Gasteiger partial charge in [0.2, 0.25) is 5.91 Å². The van der Waals surface area contributed by atoms with Crippen molar-refractivity contribution < 1.29 is 19.4 Å². The van der Waals surface area contributed by atoms with E-state index < -0.39 is 5.97 Å². The van der Waals surface area contributed by atoms with Gasteiger partial charge in [-0.2, -0.15) is 0 Å².